The normalized spacial score (nSPS) is 10.0. The predicted molar refractivity (Wildman–Crippen MR) is 63.8 cm³/mol. The highest BCUT2D eigenvalue weighted by Gasteiger charge is 2.07. The van der Waals surface area contributed by atoms with Gasteiger partial charge in [0.2, 0.25) is 5.95 Å². The zero-order valence-electron chi connectivity index (χ0n) is 9.71. The first kappa shape index (κ1) is 11.3. The lowest BCUT2D eigenvalue weighted by Crippen LogP contribution is -2.05. The monoisotopic (exact) mass is 231 g/mol. The number of pyridine rings is 1. The number of ether oxygens (including phenoxy) is 1. The zero-order chi connectivity index (χ0) is 12.1. The van der Waals surface area contributed by atoms with Crippen LogP contribution in [-0.2, 0) is 0 Å². The minimum absolute atomic E-state index is 0.318. The van der Waals surface area contributed by atoms with Gasteiger partial charge in [-0.1, -0.05) is 0 Å². The van der Waals surface area contributed by atoms with Gasteiger partial charge in [-0.15, -0.1) is 0 Å². The average Bonchev–Trinajstić information content (AvgIpc) is 2.40. The molecule has 88 valence electrons. The Kier molecular flexibility index (Phi) is 3.44. The maximum atomic E-state index is 5.29. The fourth-order valence-electron chi connectivity index (χ4n) is 1.29. The lowest BCUT2D eigenvalue weighted by Gasteiger charge is -2.06. The van der Waals surface area contributed by atoms with Crippen LogP contribution in [0.5, 0.6) is 6.01 Å². The van der Waals surface area contributed by atoms with E-state index in [9.17, 15) is 0 Å². The molecule has 0 spiro atoms. The second-order valence-corrected chi connectivity index (χ2v) is 3.18. The molecule has 0 aliphatic carbocycles. The van der Waals surface area contributed by atoms with Gasteiger partial charge in [-0.3, -0.25) is 4.98 Å². The molecule has 0 aromatic carbocycles. The van der Waals surface area contributed by atoms with Crippen LogP contribution < -0.4 is 10.1 Å². The molecule has 0 amide bonds. The fourth-order valence-corrected chi connectivity index (χ4v) is 1.29. The molecule has 2 aromatic heterocycles. The highest BCUT2D eigenvalue weighted by molar-refractivity contribution is 5.55. The predicted octanol–water partition coefficient (Wildman–Crippen LogP) is 1.37. The van der Waals surface area contributed by atoms with Crippen molar-refractivity contribution in [3.63, 3.8) is 0 Å². The van der Waals surface area contributed by atoms with E-state index in [1.807, 2.05) is 19.1 Å². The third kappa shape index (κ3) is 2.66. The Hall–Kier alpha value is -2.24. The minimum atomic E-state index is 0.318. The molecule has 0 saturated heterocycles. The Balaban J connectivity index is 2.43. The third-order valence-corrected chi connectivity index (χ3v) is 2.05. The number of hydrogen-bond donors (Lipinski definition) is 1. The third-order valence-electron chi connectivity index (χ3n) is 2.05. The van der Waals surface area contributed by atoms with E-state index in [4.69, 9.17) is 4.74 Å². The van der Waals surface area contributed by atoms with Crippen molar-refractivity contribution >= 4 is 5.95 Å². The second kappa shape index (κ2) is 5.20. The fraction of sp³-hybridized carbons (Fsp3) is 0.273. The smallest absolute Gasteiger partial charge is 0.321 e. The first-order valence-electron chi connectivity index (χ1n) is 5.30. The molecule has 0 unspecified atom stereocenters. The number of hydrogen-bond acceptors (Lipinski definition) is 6. The van der Waals surface area contributed by atoms with Gasteiger partial charge < -0.3 is 10.1 Å². The summed E-state index contributed by atoms with van der Waals surface area (Å²) in [4.78, 5) is 16.5. The first-order valence-corrected chi connectivity index (χ1v) is 5.30. The molecule has 0 bridgehead atoms. The van der Waals surface area contributed by atoms with Crippen LogP contribution in [0.1, 0.15) is 6.92 Å². The molecule has 0 aliphatic rings. The van der Waals surface area contributed by atoms with E-state index in [0.717, 1.165) is 5.56 Å². The Labute approximate surface area is 99.1 Å². The molecule has 6 nitrogen and oxygen atoms in total. The van der Waals surface area contributed by atoms with E-state index in [1.165, 1.54) is 0 Å². The van der Waals surface area contributed by atoms with Crippen LogP contribution in [-0.4, -0.2) is 33.6 Å². The van der Waals surface area contributed by atoms with Crippen LogP contribution in [0.4, 0.5) is 5.95 Å². The summed E-state index contributed by atoms with van der Waals surface area (Å²) < 4.78 is 5.29. The standard InChI is InChI=1S/C11H13N5O/c1-3-17-11-15-9(14-10(12-2)16-11)8-4-6-13-7-5-8/h4-7H,3H2,1-2H3,(H,12,14,15,16). The Bertz CT molecular complexity index is 488. The lowest BCUT2D eigenvalue weighted by molar-refractivity contribution is 0.312. The maximum absolute atomic E-state index is 5.29. The summed E-state index contributed by atoms with van der Waals surface area (Å²) in [5.41, 5.74) is 0.875. The maximum Gasteiger partial charge on any atom is 0.321 e. The van der Waals surface area contributed by atoms with Gasteiger partial charge in [0.05, 0.1) is 6.61 Å². The number of nitrogens with zero attached hydrogens (tertiary/aromatic N) is 4. The molecule has 2 rings (SSSR count). The van der Waals surface area contributed by atoms with Gasteiger partial charge in [-0.2, -0.15) is 15.0 Å². The number of nitrogens with one attached hydrogen (secondary N) is 1. The SMILES string of the molecule is CCOc1nc(NC)nc(-c2ccncc2)n1. The van der Waals surface area contributed by atoms with Crippen molar-refractivity contribution < 1.29 is 4.74 Å². The van der Waals surface area contributed by atoms with Gasteiger partial charge in [-0.25, -0.2) is 0 Å². The molecule has 1 N–H and O–H groups in total. The summed E-state index contributed by atoms with van der Waals surface area (Å²) in [7, 11) is 1.75. The van der Waals surface area contributed by atoms with Crippen molar-refractivity contribution in [2.45, 2.75) is 6.92 Å². The molecular formula is C11H13N5O. The van der Waals surface area contributed by atoms with Crippen molar-refractivity contribution in [3.05, 3.63) is 24.5 Å². The molecular weight excluding hydrogens is 218 g/mol. The van der Waals surface area contributed by atoms with Crippen LogP contribution in [0.15, 0.2) is 24.5 Å². The quantitative estimate of drug-likeness (QED) is 0.856. The van der Waals surface area contributed by atoms with Gasteiger partial charge in [0, 0.05) is 25.0 Å². The highest BCUT2D eigenvalue weighted by Crippen LogP contribution is 2.17. The summed E-state index contributed by atoms with van der Waals surface area (Å²) in [5, 5.41) is 2.88. The summed E-state index contributed by atoms with van der Waals surface area (Å²) in [5.74, 6) is 1.05. The van der Waals surface area contributed by atoms with Gasteiger partial charge in [0.15, 0.2) is 5.82 Å². The molecule has 0 radical (unpaired) electrons. The van der Waals surface area contributed by atoms with E-state index in [0.29, 0.717) is 24.4 Å². The van der Waals surface area contributed by atoms with Crippen molar-refractivity contribution in [3.8, 4) is 17.4 Å². The Morgan fingerprint density at radius 3 is 2.59 bits per heavy atom. The molecule has 6 heteroatoms. The molecule has 2 heterocycles. The van der Waals surface area contributed by atoms with E-state index in [-0.39, 0.29) is 0 Å². The molecule has 0 aliphatic heterocycles. The summed E-state index contributed by atoms with van der Waals surface area (Å²) in [6.07, 6.45) is 3.39. The molecule has 0 saturated carbocycles. The Morgan fingerprint density at radius 2 is 1.94 bits per heavy atom. The van der Waals surface area contributed by atoms with Crippen LogP contribution in [0.2, 0.25) is 0 Å². The van der Waals surface area contributed by atoms with Crippen LogP contribution >= 0.6 is 0 Å². The second-order valence-electron chi connectivity index (χ2n) is 3.18. The summed E-state index contributed by atoms with van der Waals surface area (Å²) in [6, 6.07) is 3.99. The first-order chi connectivity index (χ1) is 8.33. The van der Waals surface area contributed by atoms with Crippen molar-refractivity contribution in [2.75, 3.05) is 19.0 Å². The van der Waals surface area contributed by atoms with E-state index in [1.54, 1.807) is 19.4 Å². The largest absolute Gasteiger partial charge is 0.464 e. The zero-order valence-corrected chi connectivity index (χ0v) is 9.71. The topological polar surface area (TPSA) is 72.8 Å². The van der Waals surface area contributed by atoms with E-state index < -0.39 is 0 Å². The molecule has 0 atom stereocenters. The van der Waals surface area contributed by atoms with E-state index >= 15 is 0 Å². The van der Waals surface area contributed by atoms with Crippen molar-refractivity contribution in [1.29, 1.82) is 0 Å². The van der Waals surface area contributed by atoms with Crippen LogP contribution in [0, 0.1) is 0 Å². The average molecular weight is 231 g/mol. The van der Waals surface area contributed by atoms with Crippen molar-refractivity contribution in [1.82, 2.24) is 19.9 Å². The lowest BCUT2D eigenvalue weighted by atomic mass is 10.2. The Morgan fingerprint density at radius 1 is 1.18 bits per heavy atom. The van der Waals surface area contributed by atoms with Gasteiger partial charge in [-0.05, 0) is 19.1 Å². The molecule has 0 fully saturated rings. The van der Waals surface area contributed by atoms with E-state index in [2.05, 4.69) is 25.3 Å². The molecule has 17 heavy (non-hydrogen) atoms. The molecule has 2 aromatic rings. The van der Waals surface area contributed by atoms with Gasteiger partial charge in [0.25, 0.3) is 0 Å². The number of aromatic nitrogens is 4. The number of anilines is 1. The summed E-state index contributed by atoms with van der Waals surface area (Å²) >= 11 is 0. The van der Waals surface area contributed by atoms with Gasteiger partial charge in [0.1, 0.15) is 0 Å². The minimum Gasteiger partial charge on any atom is -0.464 e. The van der Waals surface area contributed by atoms with Crippen LogP contribution in [0.3, 0.4) is 0 Å². The van der Waals surface area contributed by atoms with Gasteiger partial charge >= 0.3 is 6.01 Å². The van der Waals surface area contributed by atoms with Crippen molar-refractivity contribution in [2.24, 2.45) is 0 Å². The number of rotatable bonds is 4. The van der Waals surface area contributed by atoms with Crippen LogP contribution in [0.25, 0.3) is 11.4 Å². The highest BCUT2D eigenvalue weighted by atomic mass is 16.5. The summed E-state index contributed by atoms with van der Waals surface area (Å²) in [6.45, 7) is 2.40.